The van der Waals surface area contributed by atoms with E-state index >= 15 is 0 Å². The summed E-state index contributed by atoms with van der Waals surface area (Å²) in [6.07, 6.45) is 5.28. The highest BCUT2D eigenvalue weighted by atomic mass is 32.2. The minimum atomic E-state index is -0.179. The molecule has 7 nitrogen and oxygen atoms in total. The van der Waals surface area contributed by atoms with Crippen molar-refractivity contribution in [3.05, 3.63) is 81.1 Å². The quantitative estimate of drug-likeness (QED) is 0.345. The Morgan fingerprint density at radius 1 is 1.03 bits per heavy atom. The van der Waals surface area contributed by atoms with Gasteiger partial charge in [-0.25, -0.2) is 4.98 Å². The third-order valence-electron chi connectivity index (χ3n) is 6.55. The number of thiocarbonyl (C=S) groups is 1. The molecule has 4 heterocycles. The Morgan fingerprint density at radius 3 is 2.53 bits per heavy atom. The molecule has 0 radical (unpaired) electrons. The number of hydrogen-bond acceptors (Lipinski definition) is 7. The molecule has 2 aliphatic heterocycles. The van der Waals surface area contributed by atoms with Crippen molar-refractivity contribution >= 4 is 51.7 Å². The molecule has 9 heteroatoms. The van der Waals surface area contributed by atoms with Gasteiger partial charge in [0.25, 0.3) is 11.5 Å². The van der Waals surface area contributed by atoms with Crippen molar-refractivity contribution in [2.75, 3.05) is 37.6 Å². The molecule has 1 amide bonds. The van der Waals surface area contributed by atoms with Crippen LogP contribution in [0.15, 0.2) is 64.4 Å². The second-order valence-electron chi connectivity index (χ2n) is 9.02. The van der Waals surface area contributed by atoms with Gasteiger partial charge in [0.05, 0.1) is 10.5 Å². The van der Waals surface area contributed by atoms with Gasteiger partial charge in [-0.2, -0.15) is 0 Å². The molecule has 3 aromatic rings. The van der Waals surface area contributed by atoms with Gasteiger partial charge in [-0.15, -0.1) is 0 Å². The first-order valence-corrected chi connectivity index (χ1v) is 13.6. The number of anilines is 1. The fourth-order valence-electron chi connectivity index (χ4n) is 4.56. The Hall–Kier alpha value is -3.01. The first-order valence-electron chi connectivity index (χ1n) is 12.3. The normalized spacial score (nSPS) is 18.1. The highest BCUT2D eigenvalue weighted by Crippen LogP contribution is 2.33. The van der Waals surface area contributed by atoms with Crippen molar-refractivity contribution in [1.29, 1.82) is 0 Å². The number of carbonyl (C=O) groups is 1. The van der Waals surface area contributed by atoms with E-state index in [4.69, 9.17) is 17.2 Å². The van der Waals surface area contributed by atoms with E-state index < -0.39 is 0 Å². The summed E-state index contributed by atoms with van der Waals surface area (Å²) in [7, 11) is 0. The minimum Gasteiger partial charge on any atom is -0.353 e. The van der Waals surface area contributed by atoms with Crippen molar-refractivity contribution in [2.24, 2.45) is 0 Å². The van der Waals surface area contributed by atoms with Crippen molar-refractivity contribution < 1.29 is 4.79 Å². The van der Waals surface area contributed by atoms with Gasteiger partial charge in [0.1, 0.15) is 15.8 Å². The van der Waals surface area contributed by atoms with Crippen LogP contribution in [0.3, 0.4) is 0 Å². The van der Waals surface area contributed by atoms with Gasteiger partial charge in [-0.1, -0.05) is 73.7 Å². The molecule has 0 atom stereocenters. The number of nitrogens with zero attached hydrogens (tertiary/aromatic N) is 5. The van der Waals surface area contributed by atoms with Crippen LogP contribution in [0.1, 0.15) is 30.9 Å². The first-order chi connectivity index (χ1) is 17.5. The standard InChI is InChI=1S/C27H29N5O2S2/c1-2-3-12-32-26(34)22(36-27(32)35)18-21-24(28-23-11-7-8-13-31(23)25(21)33)30-16-14-29(15-17-30)19-20-9-5-4-6-10-20/h4-11,13,18H,2-3,12,14-17,19H2,1H3/b22-18+. The number of unbranched alkanes of at least 4 members (excludes halogenated alkanes) is 1. The molecule has 36 heavy (non-hydrogen) atoms. The van der Waals surface area contributed by atoms with Gasteiger partial charge in [0.15, 0.2) is 0 Å². The van der Waals surface area contributed by atoms with Crippen LogP contribution in [0, 0.1) is 0 Å². The van der Waals surface area contributed by atoms with Crippen molar-refractivity contribution in [2.45, 2.75) is 26.3 Å². The monoisotopic (exact) mass is 519 g/mol. The van der Waals surface area contributed by atoms with E-state index in [1.807, 2.05) is 24.3 Å². The summed E-state index contributed by atoms with van der Waals surface area (Å²) in [4.78, 5) is 38.3. The SMILES string of the molecule is CCCCN1C(=O)/C(=C\c2c(N3CCN(Cc4ccccc4)CC3)nc3ccccn3c2=O)SC1=S. The molecular weight excluding hydrogens is 490 g/mol. The Bertz CT molecular complexity index is 1360. The lowest BCUT2D eigenvalue weighted by atomic mass is 10.2. The molecule has 2 aliphatic rings. The Kier molecular flexibility index (Phi) is 7.50. The number of aromatic nitrogens is 2. The van der Waals surface area contributed by atoms with E-state index in [0.717, 1.165) is 45.6 Å². The van der Waals surface area contributed by atoms with Crippen LogP contribution in [-0.2, 0) is 11.3 Å². The van der Waals surface area contributed by atoms with E-state index in [9.17, 15) is 9.59 Å². The largest absolute Gasteiger partial charge is 0.353 e. The summed E-state index contributed by atoms with van der Waals surface area (Å²) in [6, 6.07) is 16.0. The molecule has 1 aromatic carbocycles. The van der Waals surface area contributed by atoms with Crippen LogP contribution in [0.25, 0.3) is 11.7 Å². The minimum absolute atomic E-state index is 0.130. The summed E-state index contributed by atoms with van der Waals surface area (Å²) in [6.45, 7) is 6.81. The lowest BCUT2D eigenvalue weighted by Gasteiger charge is -2.36. The lowest BCUT2D eigenvalue weighted by molar-refractivity contribution is -0.122. The third-order valence-corrected chi connectivity index (χ3v) is 7.93. The first kappa shape index (κ1) is 24.7. The summed E-state index contributed by atoms with van der Waals surface area (Å²) >= 11 is 6.74. The molecule has 0 aliphatic carbocycles. The molecule has 0 saturated carbocycles. The summed E-state index contributed by atoms with van der Waals surface area (Å²) < 4.78 is 2.09. The van der Waals surface area contributed by atoms with E-state index in [1.165, 1.54) is 17.3 Å². The van der Waals surface area contributed by atoms with Crippen LogP contribution in [0.5, 0.6) is 0 Å². The molecule has 2 aromatic heterocycles. The fraction of sp³-hybridized carbons (Fsp3) is 0.333. The second kappa shape index (κ2) is 10.9. The molecule has 0 spiro atoms. The number of rotatable bonds is 7. The number of carbonyl (C=O) groups excluding carboxylic acids is 1. The molecule has 2 fully saturated rings. The van der Waals surface area contributed by atoms with E-state index in [-0.39, 0.29) is 11.5 Å². The Balaban J connectivity index is 1.45. The molecular formula is C27H29N5O2S2. The van der Waals surface area contributed by atoms with Crippen molar-refractivity contribution in [3.8, 4) is 0 Å². The van der Waals surface area contributed by atoms with Gasteiger partial charge < -0.3 is 4.90 Å². The maximum absolute atomic E-state index is 13.6. The zero-order chi connectivity index (χ0) is 25.1. The van der Waals surface area contributed by atoms with E-state index in [1.54, 1.807) is 21.6 Å². The van der Waals surface area contributed by atoms with Gasteiger partial charge in [0, 0.05) is 45.5 Å². The molecule has 5 rings (SSSR count). The smallest absolute Gasteiger partial charge is 0.267 e. The number of hydrogen-bond donors (Lipinski definition) is 0. The predicted molar refractivity (Wildman–Crippen MR) is 150 cm³/mol. The van der Waals surface area contributed by atoms with Crippen LogP contribution in [0.2, 0.25) is 0 Å². The molecule has 186 valence electrons. The highest BCUT2D eigenvalue weighted by molar-refractivity contribution is 8.26. The van der Waals surface area contributed by atoms with Gasteiger partial charge >= 0.3 is 0 Å². The van der Waals surface area contributed by atoms with Crippen LogP contribution < -0.4 is 10.5 Å². The molecule has 0 bridgehead atoms. The molecule has 0 unspecified atom stereocenters. The number of fused-ring (bicyclic) bond motifs is 1. The summed E-state index contributed by atoms with van der Waals surface area (Å²) in [5, 5.41) is 0. The highest BCUT2D eigenvalue weighted by Gasteiger charge is 2.32. The summed E-state index contributed by atoms with van der Waals surface area (Å²) in [5.41, 5.74) is 2.14. The molecule has 2 saturated heterocycles. The van der Waals surface area contributed by atoms with E-state index in [2.05, 4.69) is 41.0 Å². The maximum atomic E-state index is 13.6. The van der Waals surface area contributed by atoms with Gasteiger partial charge in [-0.05, 0) is 30.2 Å². The number of benzene rings is 1. The lowest BCUT2D eigenvalue weighted by Crippen LogP contribution is -2.47. The zero-order valence-corrected chi connectivity index (χ0v) is 21.9. The van der Waals surface area contributed by atoms with Crippen molar-refractivity contribution in [3.63, 3.8) is 0 Å². The predicted octanol–water partition coefficient (Wildman–Crippen LogP) is 4.02. The number of piperazine rings is 1. The third kappa shape index (κ3) is 5.09. The van der Waals surface area contributed by atoms with Gasteiger partial charge in [0.2, 0.25) is 0 Å². The van der Waals surface area contributed by atoms with Crippen LogP contribution >= 0.6 is 24.0 Å². The Labute approximate surface area is 220 Å². The average Bonchev–Trinajstić information content (AvgIpc) is 3.17. The van der Waals surface area contributed by atoms with Crippen molar-refractivity contribution in [1.82, 2.24) is 19.2 Å². The fourth-order valence-corrected chi connectivity index (χ4v) is 5.85. The number of pyridine rings is 1. The topological polar surface area (TPSA) is 61.2 Å². The molecule has 0 N–H and O–H groups in total. The number of amides is 1. The Morgan fingerprint density at radius 2 is 1.78 bits per heavy atom. The average molecular weight is 520 g/mol. The second-order valence-corrected chi connectivity index (χ2v) is 10.7. The van der Waals surface area contributed by atoms with E-state index in [0.29, 0.717) is 32.8 Å². The van der Waals surface area contributed by atoms with Crippen LogP contribution in [-0.4, -0.2) is 62.1 Å². The summed E-state index contributed by atoms with van der Waals surface area (Å²) in [5.74, 6) is 0.499. The van der Waals surface area contributed by atoms with Crippen LogP contribution in [0.4, 0.5) is 5.82 Å². The number of thioether (sulfide) groups is 1. The van der Waals surface area contributed by atoms with Gasteiger partial charge in [-0.3, -0.25) is 23.8 Å². The maximum Gasteiger partial charge on any atom is 0.267 e. The zero-order valence-electron chi connectivity index (χ0n) is 20.3.